The van der Waals surface area contributed by atoms with Crippen molar-refractivity contribution < 1.29 is 0 Å². The van der Waals surface area contributed by atoms with E-state index in [1.807, 2.05) is 0 Å². The normalized spacial score (nSPS) is 17.9. The van der Waals surface area contributed by atoms with E-state index in [0.717, 1.165) is 12.8 Å². The van der Waals surface area contributed by atoms with E-state index in [1.165, 1.54) is 43.6 Å². The largest absolute Gasteiger partial charge is 0.375 e. The van der Waals surface area contributed by atoms with E-state index in [1.54, 1.807) is 0 Å². The Balaban J connectivity index is 2.35. The van der Waals surface area contributed by atoms with Gasteiger partial charge in [0.15, 0.2) is 0 Å². The van der Waals surface area contributed by atoms with Crippen LogP contribution in [0.1, 0.15) is 46.0 Å². The number of hydrogen-bond donors (Lipinski definition) is 0. The third-order valence-corrected chi connectivity index (χ3v) is 3.28. The molecule has 0 aliphatic carbocycles. The van der Waals surface area contributed by atoms with E-state index in [0.29, 0.717) is 5.92 Å². The van der Waals surface area contributed by atoms with Gasteiger partial charge in [-0.05, 0) is 31.6 Å². The lowest BCUT2D eigenvalue weighted by molar-refractivity contribution is 0.370. The molecule has 0 aromatic carbocycles. The van der Waals surface area contributed by atoms with Crippen molar-refractivity contribution in [2.45, 2.75) is 46.0 Å². The standard InChI is InChI=1S/C14H25N/c1-5-8-12(2)11-13(3)14(4)15-9-6-7-10-15/h13H,2,4-11H2,1,3H3/t13-/m1/s1. The maximum atomic E-state index is 4.23. The van der Waals surface area contributed by atoms with Gasteiger partial charge in [-0.15, -0.1) is 0 Å². The van der Waals surface area contributed by atoms with E-state index >= 15 is 0 Å². The van der Waals surface area contributed by atoms with Crippen LogP contribution in [0.3, 0.4) is 0 Å². The fraction of sp³-hybridized carbons (Fsp3) is 0.714. The molecule has 1 aliphatic heterocycles. The van der Waals surface area contributed by atoms with Crippen LogP contribution in [0.5, 0.6) is 0 Å². The molecule has 1 atom stereocenters. The highest BCUT2D eigenvalue weighted by molar-refractivity contribution is 5.06. The Morgan fingerprint density at radius 2 is 1.87 bits per heavy atom. The van der Waals surface area contributed by atoms with Crippen LogP contribution in [0.15, 0.2) is 24.4 Å². The first-order valence-electron chi connectivity index (χ1n) is 6.25. The van der Waals surface area contributed by atoms with Gasteiger partial charge in [0.2, 0.25) is 0 Å². The molecular formula is C14H25N. The highest BCUT2D eigenvalue weighted by Gasteiger charge is 2.18. The first-order valence-corrected chi connectivity index (χ1v) is 6.25. The van der Waals surface area contributed by atoms with Crippen molar-refractivity contribution >= 4 is 0 Å². The minimum absolute atomic E-state index is 0.571. The molecule has 0 N–H and O–H groups in total. The van der Waals surface area contributed by atoms with Crippen LogP contribution < -0.4 is 0 Å². The zero-order valence-corrected chi connectivity index (χ0v) is 10.4. The zero-order valence-electron chi connectivity index (χ0n) is 10.4. The second-order valence-corrected chi connectivity index (χ2v) is 4.79. The zero-order chi connectivity index (χ0) is 11.3. The molecule has 0 bridgehead atoms. The van der Waals surface area contributed by atoms with Crippen molar-refractivity contribution in [1.82, 2.24) is 4.90 Å². The lowest BCUT2D eigenvalue weighted by Gasteiger charge is -2.26. The molecule has 0 spiro atoms. The summed E-state index contributed by atoms with van der Waals surface area (Å²) >= 11 is 0. The van der Waals surface area contributed by atoms with Gasteiger partial charge in [-0.2, -0.15) is 0 Å². The Bertz CT molecular complexity index is 223. The second kappa shape index (κ2) is 5.99. The van der Waals surface area contributed by atoms with Crippen molar-refractivity contribution in [3.8, 4) is 0 Å². The monoisotopic (exact) mass is 207 g/mol. The summed E-state index contributed by atoms with van der Waals surface area (Å²) < 4.78 is 0. The topological polar surface area (TPSA) is 3.24 Å². The molecule has 1 fully saturated rings. The molecular weight excluding hydrogens is 182 g/mol. The van der Waals surface area contributed by atoms with Gasteiger partial charge in [0, 0.05) is 18.8 Å². The lowest BCUT2D eigenvalue weighted by Crippen LogP contribution is -2.22. The number of likely N-dealkylation sites (tertiary alicyclic amines) is 1. The van der Waals surface area contributed by atoms with Gasteiger partial charge in [-0.25, -0.2) is 0 Å². The maximum Gasteiger partial charge on any atom is 0.0175 e. The molecule has 1 heteroatoms. The molecule has 1 saturated heterocycles. The van der Waals surface area contributed by atoms with Gasteiger partial charge >= 0.3 is 0 Å². The number of hydrogen-bond acceptors (Lipinski definition) is 1. The fourth-order valence-electron chi connectivity index (χ4n) is 2.32. The van der Waals surface area contributed by atoms with E-state index in [-0.39, 0.29) is 0 Å². The molecule has 86 valence electrons. The van der Waals surface area contributed by atoms with Crippen LogP contribution in [0.25, 0.3) is 0 Å². The molecule has 15 heavy (non-hydrogen) atoms. The Kier molecular flexibility index (Phi) is 4.93. The summed E-state index contributed by atoms with van der Waals surface area (Å²) in [5.74, 6) is 0.571. The molecule has 1 heterocycles. The van der Waals surface area contributed by atoms with Crippen LogP contribution in [0, 0.1) is 5.92 Å². The molecule has 0 saturated carbocycles. The van der Waals surface area contributed by atoms with Gasteiger partial charge in [-0.1, -0.05) is 39.0 Å². The lowest BCUT2D eigenvalue weighted by atomic mass is 9.96. The van der Waals surface area contributed by atoms with Gasteiger partial charge < -0.3 is 4.90 Å². The van der Waals surface area contributed by atoms with Crippen LogP contribution >= 0.6 is 0 Å². The smallest absolute Gasteiger partial charge is 0.0175 e. The van der Waals surface area contributed by atoms with E-state index in [9.17, 15) is 0 Å². The van der Waals surface area contributed by atoms with Gasteiger partial charge in [0.05, 0.1) is 0 Å². The average molecular weight is 207 g/mol. The van der Waals surface area contributed by atoms with Crippen LogP contribution in [-0.4, -0.2) is 18.0 Å². The third-order valence-electron chi connectivity index (χ3n) is 3.28. The van der Waals surface area contributed by atoms with Gasteiger partial charge in [-0.3, -0.25) is 0 Å². The Hall–Kier alpha value is -0.720. The van der Waals surface area contributed by atoms with Crippen molar-refractivity contribution in [1.29, 1.82) is 0 Å². The fourth-order valence-corrected chi connectivity index (χ4v) is 2.32. The Morgan fingerprint density at radius 3 is 2.40 bits per heavy atom. The first kappa shape index (κ1) is 12.4. The summed E-state index contributed by atoms with van der Waals surface area (Å²) in [6.45, 7) is 15.3. The molecule has 1 rings (SSSR count). The maximum absolute atomic E-state index is 4.23. The molecule has 1 nitrogen and oxygen atoms in total. The minimum Gasteiger partial charge on any atom is -0.375 e. The van der Waals surface area contributed by atoms with Crippen LogP contribution in [0.4, 0.5) is 0 Å². The van der Waals surface area contributed by atoms with Gasteiger partial charge in [0.25, 0.3) is 0 Å². The highest BCUT2D eigenvalue weighted by Crippen LogP contribution is 2.25. The Labute approximate surface area is 94.9 Å². The van der Waals surface area contributed by atoms with Crippen molar-refractivity contribution in [3.63, 3.8) is 0 Å². The van der Waals surface area contributed by atoms with E-state index < -0.39 is 0 Å². The number of allylic oxidation sites excluding steroid dienone is 2. The minimum atomic E-state index is 0.571. The summed E-state index contributed by atoms with van der Waals surface area (Å²) in [5, 5.41) is 0. The first-order chi connectivity index (χ1) is 7.15. The predicted octanol–water partition coefficient (Wildman–Crippen LogP) is 3.98. The highest BCUT2D eigenvalue weighted by atomic mass is 15.1. The van der Waals surface area contributed by atoms with E-state index in [2.05, 4.69) is 31.9 Å². The SMILES string of the molecule is C=C(CCC)C[C@@H](C)C(=C)N1CCCC1. The number of rotatable bonds is 6. The molecule has 0 aromatic rings. The third kappa shape index (κ3) is 3.73. The van der Waals surface area contributed by atoms with Crippen molar-refractivity contribution in [3.05, 3.63) is 24.4 Å². The van der Waals surface area contributed by atoms with E-state index in [4.69, 9.17) is 0 Å². The molecule has 0 radical (unpaired) electrons. The van der Waals surface area contributed by atoms with Gasteiger partial charge in [0.1, 0.15) is 0 Å². The number of nitrogens with zero attached hydrogens (tertiary/aromatic N) is 1. The van der Waals surface area contributed by atoms with Crippen molar-refractivity contribution in [2.75, 3.05) is 13.1 Å². The summed E-state index contributed by atoms with van der Waals surface area (Å²) in [4.78, 5) is 2.45. The summed E-state index contributed by atoms with van der Waals surface area (Å²) in [6.07, 6.45) is 6.16. The summed E-state index contributed by atoms with van der Waals surface area (Å²) in [5.41, 5.74) is 2.70. The Morgan fingerprint density at radius 1 is 1.27 bits per heavy atom. The molecule has 0 aromatic heterocycles. The quantitative estimate of drug-likeness (QED) is 0.595. The molecule has 0 amide bonds. The predicted molar refractivity (Wildman–Crippen MR) is 67.8 cm³/mol. The van der Waals surface area contributed by atoms with Crippen molar-refractivity contribution in [2.24, 2.45) is 5.92 Å². The summed E-state index contributed by atoms with van der Waals surface area (Å²) in [7, 11) is 0. The second-order valence-electron chi connectivity index (χ2n) is 4.79. The van der Waals surface area contributed by atoms with Crippen LogP contribution in [0.2, 0.25) is 0 Å². The molecule has 1 aliphatic rings. The average Bonchev–Trinajstić information content (AvgIpc) is 2.69. The van der Waals surface area contributed by atoms with Crippen LogP contribution in [-0.2, 0) is 0 Å². The molecule has 0 unspecified atom stereocenters. The summed E-state index contributed by atoms with van der Waals surface area (Å²) in [6, 6.07) is 0.